The lowest BCUT2D eigenvalue weighted by Gasteiger charge is -2.04. The number of unbranched alkanes of at least 4 members (excludes halogenated alkanes) is 1. The summed E-state index contributed by atoms with van der Waals surface area (Å²) < 4.78 is 27.9. The van der Waals surface area contributed by atoms with Crippen molar-refractivity contribution >= 4 is 10.8 Å². The molecule has 0 saturated heterocycles. The second kappa shape index (κ2) is 8.84. The minimum absolute atomic E-state index is 0.275. The van der Waals surface area contributed by atoms with E-state index in [1.54, 1.807) is 36.7 Å². The highest BCUT2D eigenvalue weighted by atomic mass is 19.1. The van der Waals surface area contributed by atoms with Crippen molar-refractivity contribution in [2.45, 2.75) is 26.2 Å². The number of aryl methyl sites for hydroxylation is 1. The first-order valence-electron chi connectivity index (χ1n) is 9.94. The van der Waals surface area contributed by atoms with Crippen LogP contribution in [0.25, 0.3) is 22.2 Å². The molecule has 0 atom stereocenters. The highest BCUT2D eigenvalue weighted by molar-refractivity contribution is 5.84. The van der Waals surface area contributed by atoms with Crippen LogP contribution < -0.4 is 0 Å². The Bertz CT molecular complexity index is 1250. The van der Waals surface area contributed by atoms with Crippen LogP contribution in [0.2, 0.25) is 0 Å². The third-order valence-corrected chi connectivity index (χ3v) is 4.90. The summed E-state index contributed by atoms with van der Waals surface area (Å²) in [6.07, 6.45) is 6.76. The van der Waals surface area contributed by atoms with Crippen molar-refractivity contribution in [3.63, 3.8) is 0 Å². The van der Waals surface area contributed by atoms with E-state index in [9.17, 15) is 8.78 Å². The monoisotopic (exact) mass is 398 g/mol. The van der Waals surface area contributed by atoms with Gasteiger partial charge in [0.25, 0.3) is 0 Å². The lowest BCUT2D eigenvalue weighted by molar-refractivity contribution is 0.624. The van der Waals surface area contributed by atoms with Crippen LogP contribution in [0.1, 0.15) is 36.5 Å². The molecule has 4 aromatic rings. The molecule has 0 N–H and O–H groups in total. The Morgan fingerprint density at radius 3 is 2.37 bits per heavy atom. The molecule has 30 heavy (non-hydrogen) atoms. The summed E-state index contributed by atoms with van der Waals surface area (Å²) in [7, 11) is 0. The van der Waals surface area contributed by atoms with E-state index in [1.807, 2.05) is 12.1 Å². The Morgan fingerprint density at radius 2 is 1.60 bits per heavy atom. The van der Waals surface area contributed by atoms with E-state index in [0.29, 0.717) is 17.0 Å². The second-order valence-corrected chi connectivity index (χ2v) is 7.17. The molecule has 4 heteroatoms. The molecule has 0 aliphatic carbocycles. The number of hydrogen-bond acceptors (Lipinski definition) is 2. The molecule has 0 saturated carbocycles. The van der Waals surface area contributed by atoms with Gasteiger partial charge in [0, 0.05) is 23.5 Å². The third kappa shape index (κ3) is 4.52. The quantitative estimate of drug-likeness (QED) is 0.376. The van der Waals surface area contributed by atoms with Gasteiger partial charge in [0.1, 0.15) is 11.6 Å². The van der Waals surface area contributed by atoms with Crippen LogP contribution in [-0.4, -0.2) is 9.97 Å². The first-order valence-corrected chi connectivity index (χ1v) is 9.94. The Kier molecular flexibility index (Phi) is 5.81. The van der Waals surface area contributed by atoms with Crippen molar-refractivity contribution in [1.82, 2.24) is 9.97 Å². The van der Waals surface area contributed by atoms with E-state index in [2.05, 4.69) is 28.7 Å². The van der Waals surface area contributed by atoms with Crippen LogP contribution in [0.4, 0.5) is 8.78 Å². The maximum atomic E-state index is 14.6. The molecule has 1 aromatic heterocycles. The molecular weight excluding hydrogens is 378 g/mol. The smallest absolute Gasteiger partial charge is 0.159 e. The zero-order valence-corrected chi connectivity index (χ0v) is 16.6. The molecule has 0 unspecified atom stereocenters. The van der Waals surface area contributed by atoms with Crippen LogP contribution in [-0.2, 0) is 6.42 Å². The van der Waals surface area contributed by atoms with Crippen molar-refractivity contribution in [3.8, 4) is 23.2 Å². The molecule has 0 spiro atoms. The lowest BCUT2D eigenvalue weighted by atomic mass is 10.1. The van der Waals surface area contributed by atoms with Gasteiger partial charge in [-0.3, -0.25) is 0 Å². The van der Waals surface area contributed by atoms with Crippen molar-refractivity contribution in [2.75, 3.05) is 0 Å². The van der Waals surface area contributed by atoms with Gasteiger partial charge in [0.2, 0.25) is 0 Å². The number of aromatic nitrogens is 2. The minimum atomic E-state index is -0.415. The van der Waals surface area contributed by atoms with E-state index in [4.69, 9.17) is 0 Å². The molecule has 0 fully saturated rings. The number of halogens is 2. The van der Waals surface area contributed by atoms with Gasteiger partial charge in [-0.2, -0.15) is 0 Å². The Morgan fingerprint density at radius 1 is 0.833 bits per heavy atom. The summed E-state index contributed by atoms with van der Waals surface area (Å²) >= 11 is 0. The number of nitrogens with zero attached hydrogens (tertiary/aromatic N) is 2. The summed E-state index contributed by atoms with van der Waals surface area (Å²) in [6.45, 7) is 2.14. The fourth-order valence-corrected chi connectivity index (χ4v) is 3.20. The first-order chi connectivity index (χ1) is 14.6. The van der Waals surface area contributed by atoms with Crippen LogP contribution >= 0.6 is 0 Å². The van der Waals surface area contributed by atoms with Crippen molar-refractivity contribution in [3.05, 3.63) is 95.3 Å². The Balaban J connectivity index is 1.55. The van der Waals surface area contributed by atoms with E-state index in [1.165, 1.54) is 18.2 Å². The summed E-state index contributed by atoms with van der Waals surface area (Å²) in [5, 5.41) is 1.69. The van der Waals surface area contributed by atoms with Crippen molar-refractivity contribution < 1.29 is 8.78 Å². The predicted octanol–water partition coefficient (Wildman–Crippen LogP) is 6.32. The topological polar surface area (TPSA) is 25.8 Å². The molecule has 1 heterocycles. The lowest BCUT2D eigenvalue weighted by Crippen LogP contribution is -1.94. The van der Waals surface area contributed by atoms with Crippen LogP contribution in [0.5, 0.6) is 0 Å². The van der Waals surface area contributed by atoms with E-state index in [0.717, 1.165) is 41.2 Å². The van der Waals surface area contributed by atoms with Gasteiger partial charge in [0.05, 0.1) is 5.56 Å². The van der Waals surface area contributed by atoms with Gasteiger partial charge in [-0.1, -0.05) is 37.3 Å². The van der Waals surface area contributed by atoms with Gasteiger partial charge in [-0.05, 0) is 71.6 Å². The van der Waals surface area contributed by atoms with Gasteiger partial charge in [-0.25, -0.2) is 18.7 Å². The summed E-state index contributed by atoms with van der Waals surface area (Å²) in [4.78, 5) is 8.72. The molecule has 148 valence electrons. The van der Waals surface area contributed by atoms with Crippen LogP contribution in [0.15, 0.2) is 67.0 Å². The third-order valence-electron chi connectivity index (χ3n) is 4.90. The van der Waals surface area contributed by atoms with Crippen molar-refractivity contribution in [2.24, 2.45) is 0 Å². The molecular formula is C26H20F2N2. The molecule has 0 radical (unpaired) electrons. The molecule has 0 amide bonds. The number of rotatable bonds is 4. The molecule has 0 bridgehead atoms. The molecule has 0 aliphatic rings. The summed E-state index contributed by atoms with van der Waals surface area (Å²) in [5.41, 5.74) is 2.75. The first kappa shape index (κ1) is 19.7. The van der Waals surface area contributed by atoms with Gasteiger partial charge in [0.15, 0.2) is 5.82 Å². The fourth-order valence-electron chi connectivity index (χ4n) is 3.20. The highest BCUT2D eigenvalue weighted by Gasteiger charge is 2.06. The zero-order valence-electron chi connectivity index (χ0n) is 16.6. The average Bonchev–Trinajstić information content (AvgIpc) is 2.77. The molecule has 2 nitrogen and oxygen atoms in total. The zero-order chi connectivity index (χ0) is 20.9. The van der Waals surface area contributed by atoms with Gasteiger partial charge in [-0.15, -0.1) is 0 Å². The largest absolute Gasteiger partial charge is 0.236 e. The number of fused-ring (bicyclic) bond motifs is 1. The van der Waals surface area contributed by atoms with E-state index < -0.39 is 5.82 Å². The summed E-state index contributed by atoms with van der Waals surface area (Å²) in [6, 6.07) is 14.9. The molecule has 3 aromatic carbocycles. The highest BCUT2D eigenvalue weighted by Crippen LogP contribution is 2.20. The van der Waals surface area contributed by atoms with E-state index >= 15 is 0 Å². The average molecular weight is 398 g/mol. The van der Waals surface area contributed by atoms with Crippen molar-refractivity contribution in [1.29, 1.82) is 0 Å². The molecule has 0 aliphatic heterocycles. The standard InChI is InChI=1S/C26H20F2N2/c1-2-3-4-19-16-29-26(30-17-19)23-10-9-20(25(28)15-23)7-5-18-6-8-22-14-24(27)12-11-21(22)13-18/h6,8-17H,2-4H2,1H3. The Hall–Kier alpha value is -3.58. The molecule has 4 rings (SSSR count). The Labute approximate surface area is 174 Å². The predicted molar refractivity (Wildman–Crippen MR) is 116 cm³/mol. The normalized spacial score (nSPS) is 10.6. The van der Waals surface area contributed by atoms with Crippen LogP contribution in [0.3, 0.4) is 0 Å². The van der Waals surface area contributed by atoms with E-state index in [-0.39, 0.29) is 5.82 Å². The summed E-state index contributed by atoms with van der Waals surface area (Å²) in [5.74, 6) is 5.66. The maximum Gasteiger partial charge on any atom is 0.159 e. The van der Waals surface area contributed by atoms with Gasteiger partial charge < -0.3 is 0 Å². The fraction of sp³-hybridized carbons (Fsp3) is 0.154. The number of hydrogen-bond donors (Lipinski definition) is 0. The van der Waals surface area contributed by atoms with Gasteiger partial charge >= 0.3 is 0 Å². The SMILES string of the molecule is CCCCc1cnc(-c2ccc(C#Cc3ccc4cc(F)ccc4c3)c(F)c2)nc1. The second-order valence-electron chi connectivity index (χ2n) is 7.17. The minimum Gasteiger partial charge on any atom is -0.236 e. The maximum absolute atomic E-state index is 14.6. The van der Waals surface area contributed by atoms with Crippen LogP contribution in [0, 0.1) is 23.5 Å². The number of benzene rings is 3.